The number of hydrogen-bond donors (Lipinski definition) is 1. The van der Waals surface area contributed by atoms with Gasteiger partial charge in [-0.25, -0.2) is 9.37 Å². The Morgan fingerprint density at radius 1 is 0.952 bits per heavy atom. The zero-order valence-corrected chi connectivity index (χ0v) is 13.1. The van der Waals surface area contributed by atoms with Crippen LogP contribution in [0.2, 0.25) is 0 Å². The molecule has 0 fully saturated rings. The average Bonchev–Trinajstić information content (AvgIpc) is 2.90. The van der Waals surface area contributed by atoms with Crippen molar-refractivity contribution >= 4 is 11.0 Å². The second-order valence-corrected chi connectivity index (χ2v) is 5.90. The summed E-state index contributed by atoms with van der Waals surface area (Å²) in [6.45, 7) is 2.25. The lowest BCUT2D eigenvalue weighted by Gasteiger charge is -2.01. The van der Waals surface area contributed by atoms with Crippen molar-refractivity contribution in [2.24, 2.45) is 0 Å². The van der Waals surface area contributed by atoms with Crippen molar-refractivity contribution in [2.45, 2.75) is 71.1 Å². The number of imidazole rings is 1. The normalized spacial score (nSPS) is 11.3. The lowest BCUT2D eigenvalue weighted by atomic mass is 10.1. The highest BCUT2D eigenvalue weighted by Crippen LogP contribution is 2.16. The van der Waals surface area contributed by atoms with Gasteiger partial charge >= 0.3 is 0 Å². The lowest BCUT2D eigenvalue weighted by molar-refractivity contribution is 0.562. The molecule has 2 aromatic rings. The molecule has 0 atom stereocenters. The molecule has 116 valence electrons. The number of aromatic amines is 1. The number of nitrogens with zero attached hydrogens (tertiary/aromatic N) is 1. The van der Waals surface area contributed by atoms with Gasteiger partial charge in [0.15, 0.2) is 5.82 Å². The molecule has 1 aromatic heterocycles. The molecular formula is C18H27FN2. The Morgan fingerprint density at radius 3 is 2.29 bits per heavy atom. The molecule has 0 aliphatic heterocycles. The van der Waals surface area contributed by atoms with E-state index in [1.54, 1.807) is 6.07 Å². The number of nitrogens with one attached hydrogen (secondary N) is 1. The molecule has 3 heteroatoms. The summed E-state index contributed by atoms with van der Waals surface area (Å²) < 4.78 is 13.5. The highest BCUT2D eigenvalue weighted by molar-refractivity contribution is 5.75. The summed E-state index contributed by atoms with van der Waals surface area (Å²) in [5.41, 5.74) is 1.28. The molecule has 0 saturated heterocycles. The van der Waals surface area contributed by atoms with Gasteiger partial charge in [-0.05, 0) is 18.6 Å². The summed E-state index contributed by atoms with van der Waals surface area (Å²) in [6.07, 6.45) is 12.8. The molecule has 0 unspecified atom stereocenters. The van der Waals surface area contributed by atoms with Crippen LogP contribution in [0.5, 0.6) is 0 Å². The molecule has 0 aliphatic carbocycles. The predicted octanol–water partition coefficient (Wildman–Crippen LogP) is 5.78. The summed E-state index contributed by atoms with van der Waals surface area (Å²) in [4.78, 5) is 7.56. The summed E-state index contributed by atoms with van der Waals surface area (Å²) in [5.74, 6) is 0.681. The largest absolute Gasteiger partial charge is 0.342 e. The van der Waals surface area contributed by atoms with E-state index in [-0.39, 0.29) is 5.82 Å². The van der Waals surface area contributed by atoms with Crippen molar-refractivity contribution in [3.63, 3.8) is 0 Å². The summed E-state index contributed by atoms with van der Waals surface area (Å²) in [5, 5.41) is 0. The molecule has 0 radical (unpaired) electrons. The number of aromatic nitrogens is 2. The fraction of sp³-hybridized carbons (Fsp3) is 0.611. The Kier molecular flexibility index (Phi) is 6.71. The SMILES string of the molecule is CCCCCCCCCCCc1nc2c(F)cccc2[nH]1. The topological polar surface area (TPSA) is 28.7 Å². The number of rotatable bonds is 10. The van der Waals surface area contributed by atoms with Gasteiger partial charge < -0.3 is 4.98 Å². The average molecular weight is 290 g/mol. The Morgan fingerprint density at radius 2 is 1.62 bits per heavy atom. The Hall–Kier alpha value is -1.38. The van der Waals surface area contributed by atoms with E-state index in [9.17, 15) is 4.39 Å². The number of aryl methyl sites for hydroxylation is 1. The van der Waals surface area contributed by atoms with Crippen LogP contribution in [0.4, 0.5) is 4.39 Å². The van der Waals surface area contributed by atoms with Crippen molar-refractivity contribution in [1.82, 2.24) is 9.97 Å². The summed E-state index contributed by atoms with van der Waals surface area (Å²) >= 11 is 0. The third-order valence-corrected chi connectivity index (χ3v) is 4.03. The van der Waals surface area contributed by atoms with E-state index in [4.69, 9.17) is 0 Å². The minimum Gasteiger partial charge on any atom is -0.342 e. The maximum absolute atomic E-state index is 13.5. The van der Waals surface area contributed by atoms with E-state index in [1.807, 2.05) is 6.07 Å². The van der Waals surface area contributed by atoms with Crippen LogP contribution in [0.3, 0.4) is 0 Å². The number of halogens is 1. The van der Waals surface area contributed by atoms with Gasteiger partial charge in [-0.3, -0.25) is 0 Å². The van der Waals surface area contributed by atoms with Gasteiger partial charge in [-0.1, -0.05) is 64.4 Å². The van der Waals surface area contributed by atoms with Crippen LogP contribution in [0, 0.1) is 5.82 Å². The number of para-hydroxylation sites is 1. The van der Waals surface area contributed by atoms with Crippen LogP contribution in [0.25, 0.3) is 11.0 Å². The van der Waals surface area contributed by atoms with E-state index in [0.29, 0.717) is 5.52 Å². The van der Waals surface area contributed by atoms with Crippen molar-refractivity contribution in [3.05, 3.63) is 29.8 Å². The van der Waals surface area contributed by atoms with E-state index in [2.05, 4.69) is 16.9 Å². The van der Waals surface area contributed by atoms with Crippen LogP contribution in [-0.2, 0) is 6.42 Å². The maximum atomic E-state index is 13.5. The van der Waals surface area contributed by atoms with Gasteiger partial charge in [0.2, 0.25) is 0 Å². The Balaban J connectivity index is 1.61. The van der Waals surface area contributed by atoms with Gasteiger partial charge in [0.05, 0.1) is 5.52 Å². The van der Waals surface area contributed by atoms with Crippen LogP contribution in [0.15, 0.2) is 18.2 Å². The smallest absolute Gasteiger partial charge is 0.151 e. The molecule has 0 amide bonds. The third-order valence-electron chi connectivity index (χ3n) is 4.03. The molecule has 0 saturated carbocycles. The number of hydrogen-bond acceptors (Lipinski definition) is 1. The van der Waals surface area contributed by atoms with Crippen molar-refractivity contribution in [2.75, 3.05) is 0 Å². The minimum absolute atomic E-state index is 0.234. The molecule has 0 spiro atoms. The van der Waals surface area contributed by atoms with E-state index < -0.39 is 0 Å². The number of H-pyrrole nitrogens is 1. The van der Waals surface area contributed by atoms with Crippen molar-refractivity contribution in [3.8, 4) is 0 Å². The molecule has 1 aromatic carbocycles. The fourth-order valence-corrected chi connectivity index (χ4v) is 2.77. The summed E-state index contributed by atoms with van der Waals surface area (Å²) in [6, 6.07) is 5.06. The predicted molar refractivity (Wildman–Crippen MR) is 87.0 cm³/mol. The van der Waals surface area contributed by atoms with Gasteiger partial charge in [-0.2, -0.15) is 0 Å². The lowest BCUT2D eigenvalue weighted by Crippen LogP contribution is -1.89. The first-order chi connectivity index (χ1) is 10.3. The molecular weight excluding hydrogens is 263 g/mol. The Labute approximate surface area is 127 Å². The molecule has 2 nitrogen and oxygen atoms in total. The highest BCUT2D eigenvalue weighted by atomic mass is 19.1. The van der Waals surface area contributed by atoms with Crippen LogP contribution in [0.1, 0.15) is 70.5 Å². The van der Waals surface area contributed by atoms with E-state index in [0.717, 1.165) is 24.2 Å². The van der Waals surface area contributed by atoms with Crippen molar-refractivity contribution < 1.29 is 4.39 Å². The maximum Gasteiger partial charge on any atom is 0.151 e. The first-order valence-electron chi connectivity index (χ1n) is 8.44. The second-order valence-electron chi connectivity index (χ2n) is 5.90. The molecule has 2 rings (SSSR count). The van der Waals surface area contributed by atoms with Gasteiger partial charge in [-0.15, -0.1) is 0 Å². The molecule has 1 N–H and O–H groups in total. The summed E-state index contributed by atoms with van der Waals surface area (Å²) in [7, 11) is 0. The number of benzene rings is 1. The van der Waals surface area contributed by atoms with E-state index >= 15 is 0 Å². The number of fused-ring (bicyclic) bond motifs is 1. The molecule has 1 heterocycles. The van der Waals surface area contributed by atoms with Crippen molar-refractivity contribution in [1.29, 1.82) is 0 Å². The Bertz CT molecular complexity index is 533. The van der Waals surface area contributed by atoms with E-state index in [1.165, 1.54) is 57.4 Å². The first kappa shape index (κ1) is 16.0. The van der Waals surface area contributed by atoms with Gasteiger partial charge in [0.25, 0.3) is 0 Å². The van der Waals surface area contributed by atoms with Crippen LogP contribution in [-0.4, -0.2) is 9.97 Å². The van der Waals surface area contributed by atoms with Crippen LogP contribution >= 0.6 is 0 Å². The standard InChI is InChI=1S/C18H27FN2/c1-2-3-4-5-6-7-8-9-10-14-17-20-16-13-11-12-15(19)18(16)21-17/h11-13H,2-10,14H2,1H3,(H,20,21). The first-order valence-corrected chi connectivity index (χ1v) is 8.44. The third kappa shape index (κ3) is 5.14. The fourth-order valence-electron chi connectivity index (χ4n) is 2.77. The zero-order chi connectivity index (χ0) is 14.9. The van der Waals surface area contributed by atoms with Gasteiger partial charge in [0, 0.05) is 6.42 Å². The second kappa shape index (κ2) is 8.81. The molecule has 0 bridgehead atoms. The monoisotopic (exact) mass is 290 g/mol. The quantitative estimate of drug-likeness (QED) is 0.552. The minimum atomic E-state index is -0.234. The van der Waals surface area contributed by atoms with Crippen LogP contribution < -0.4 is 0 Å². The van der Waals surface area contributed by atoms with Gasteiger partial charge in [0.1, 0.15) is 11.3 Å². The molecule has 21 heavy (non-hydrogen) atoms. The molecule has 0 aliphatic rings. The number of unbranched alkanes of at least 4 members (excludes halogenated alkanes) is 8. The zero-order valence-electron chi connectivity index (χ0n) is 13.1. The highest BCUT2D eigenvalue weighted by Gasteiger charge is 2.06.